The first-order valence-electron chi connectivity index (χ1n) is 11.1. The van der Waals surface area contributed by atoms with Crippen LogP contribution in [0.2, 0.25) is 0 Å². The lowest BCUT2D eigenvalue weighted by molar-refractivity contribution is -0.144. The Bertz CT molecular complexity index is 880. The zero-order chi connectivity index (χ0) is 21.5. The van der Waals surface area contributed by atoms with Gasteiger partial charge < -0.3 is 10.1 Å². The van der Waals surface area contributed by atoms with Crippen molar-refractivity contribution in [3.63, 3.8) is 0 Å². The van der Waals surface area contributed by atoms with E-state index in [1.165, 1.54) is 11.1 Å². The van der Waals surface area contributed by atoms with Gasteiger partial charge in [-0.25, -0.2) is 0 Å². The van der Waals surface area contributed by atoms with Crippen molar-refractivity contribution in [2.45, 2.75) is 25.0 Å². The third-order valence-electron chi connectivity index (χ3n) is 5.98. The summed E-state index contributed by atoms with van der Waals surface area (Å²) in [6.45, 7) is 5.51. The van der Waals surface area contributed by atoms with Gasteiger partial charge in [0, 0.05) is 39.3 Å². The molecular weight excluding hydrogens is 388 g/mol. The van der Waals surface area contributed by atoms with E-state index in [-0.39, 0.29) is 18.1 Å². The van der Waals surface area contributed by atoms with E-state index in [9.17, 15) is 4.79 Å². The van der Waals surface area contributed by atoms with Crippen LogP contribution in [-0.4, -0.2) is 73.7 Å². The van der Waals surface area contributed by atoms with Crippen molar-refractivity contribution in [3.8, 4) is 6.07 Å². The molecular formula is C25H30N4O2. The molecule has 0 aromatic heterocycles. The molecule has 2 heterocycles. The lowest BCUT2D eigenvalue weighted by Gasteiger charge is -2.45. The molecule has 2 unspecified atom stereocenters. The van der Waals surface area contributed by atoms with E-state index < -0.39 is 0 Å². The van der Waals surface area contributed by atoms with Crippen molar-refractivity contribution in [3.05, 3.63) is 71.3 Å². The molecule has 1 amide bonds. The Balaban J connectivity index is 1.17. The lowest BCUT2D eigenvalue weighted by atomic mass is 10.1. The molecule has 0 spiro atoms. The van der Waals surface area contributed by atoms with Crippen LogP contribution < -0.4 is 5.32 Å². The van der Waals surface area contributed by atoms with Crippen LogP contribution in [0.1, 0.15) is 16.7 Å². The second-order valence-electron chi connectivity index (χ2n) is 8.48. The Morgan fingerprint density at radius 3 is 2.26 bits per heavy atom. The van der Waals surface area contributed by atoms with Gasteiger partial charge in [-0.15, -0.1) is 0 Å². The molecule has 1 N–H and O–H groups in total. The monoisotopic (exact) mass is 418 g/mol. The van der Waals surface area contributed by atoms with Gasteiger partial charge in [0.1, 0.15) is 0 Å². The van der Waals surface area contributed by atoms with E-state index in [1.54, 1.807) is 0 Å². The summed E-state index contributed by atoms with van der Waals surface area (Å²) in [5.41, 5.74) is 3.20. The number of ether oxygens (including phenoxy) is 1. The molecule has 2 aliphatic rings. The first-order chi connectivity index (χ1) is 15.2. The van der Waals surface area contributed by atoms with Gasteiger partial charge in [-0.1, -0.05) is 42.5 Å². The van der Waals surface area contributed by atoms with Crippen LogP contribution in [0.3, 0.4) is 0 Å². The molecule has 0 saturated carbocycles. The SMILES string of the molecule is N#Cc1ccc(CCN2CC3CN(CC(=O)NCCc4ccccc4)CC(C2)O3)cc1. The average Bonchev–Trinajstić information content (AvgIpc) is 2.78. The molecule has 2 bridgehead atoms. The Labute approximate surface area is 184 Å². The van der Waals surface area contributed by atoms with Crippen molar-refractivity contribution in [1.29, 1.82) is 5.26 Å². The number of amides is 1. The summed E-state index contributed by atoms with van der Waals surface area (Å²) < 4.78 is 6.13. The van der Waals surface area contributed by atoms with Gasteiger partial charge >= 0.3 is 0 Å². The maximum absolute atomic E-state index is 12.4. The summed E-state index contributed by atoms with van der Waals surface area (Å²) in [5, 5.41) is 12.0. The number of hydrogen-bond donors (Lipinski definition) is 1. The quantitative estimate of drug-likeness (QED) is 0.709. The summed E-state index contributed by atoms with van der Waals surface area (Å²) in [5.74, 6) is 0.0913. The largest absolute Gasteiger partial charge is 0.370 e. The van der Waals surface area contributed by atoms with Gasteiger partial charge in [-0.05, 0) is 36.1 Å². The van der Waals surface area contributed by atoms with Gasteiger partial charge in [0.25, 0.3) is 0 Å². The minimum atomic E-state index is 0.0913. The summed E-state index contributed by atoms with van der Waals surface area (Å²) >= 11 is 0. The summed E-state index contributed by atoms with van der Waals surface area (Å²) in [6.07, 6.45) is 2.14. The fraction of sp³-hybridized carbons (Fsp3) is 0.440. The minimum Gasteiger partial charge on any atom is -0.370 e. The van der Waals surface area contributed by atoms with Crippen molar-refractivity contribution in [2.75, 3.05) is 45.8 Å². The fourth-order valence-corrected chi connectivity index (χ4v) is 4.46. The summed E-state index contributed by atoms with van der Waals surface area (Å²) in [6, 6.07) is 20.2. The summed E-state index contributed by atoms with van der Waals surface area (Å²) in [7, 11) is 0. The molecule has 0 radical (unpaired) electrons. The molecule has 2 aliphatic heterocycles. The number of morpholine rings is 2. The van der Waals surface area contributed by atoms with Crippen LogP contribution in [0, 0.1) is 11.3 Å². The topological polar surface area (TPSA) is 68.6 Å². The third-order valence-corrected chi connectivity index (χ3v) is 5.98. The molecule has 2 saturated heterocycles. The van der Waals surface area contributed by atoms with Gasteiger partial charge in [-0.3, -0.25) is 14.6 Å². The Kier molecular flexibility index (Phi) is 7.31. The second kappa shape index (κ2) is 10.5. The van der Waals surface area contributed by atoms with E-state index >= 15 is 0 Å². The zero-order valence-corrected chi connectivity index (χ0v) is 17.9. The lowest BCUT2D eigenvalue weighted by Crippen LogP contribution is -2.60. The van der Waals surface area contributed by atoms with Crippen LogP contribution in [0.15, 0.2) is 54.6 Å². The number of fused-ring (bicyclic) bond motifs is 2. The highest BCUT2D eigenvalue weighted by molar-refractivity contribution is 5.78. The number of rotatable bonds is 8. The predicted molar refractivity (Wildman–Crippen MR) is 120 cm³/mol. The molecule has 0 aliphatic carbocycles. The molecule has 162 valence electrons. The second-order valence-corrected chi connectivity index (χ2v) is 8.48. The summed E-state index contributed by atoms with van der Waals surface area (Å²) in [4.78, 5) is 17.1. The number of hydrogen-bond acceptors (Lipinski definition) is 5. The standard InChI is InChI=1S/C25H30N4O2/c26-14-22-8-6-21(7-9-22)11-13-28-15-23-17-29(18-24(16-28)31-23)19-25(30)27-12-10-20-4-2-1-3-5-20/h1-9,23-24H,10-13,15-19H2,(H,27,30). The zero-order valence-electron chi connectivity index (χ0n) is 17.9. The normalized spacial score (nSPS) is 21.4. The first kappa shape index (κ1) is 21.5. The minimum absolute atomic E-state index is 0.0913. The van der Waals surface area contributed by atoms with Gasteiger partial charge in [-0.2, -0.15) is 5.26 Å². The molecule has 2 fully saturated rings. The van der Waals surface area contributed by atoms with E-state index in [2.05, 4.69) is 33.3 Å². The van der Waals surface area contributed by atoms with Crippen LogP contribution in [-0.2, 0) is 22.4 Å². The average molecular weight is 419 g/mol. The van der Waals surface area contributed by atoms with Gasteiger partial charge in [0.2, 0.25) is 5.91 Å². The van der Waals surface area contributed by atoms with Gasteiger partial charge in [0.05, 0.1) is 30.4 Å². The van der Waals surface area contributed by atoms with E-state index in [1.807, 2.05) is 42.5 Å². The maximum Gasteiger partial charge on any atom is 0.234 e. The van der Waals surface area contributed by atoms with Crippen molar-refractivity contribution in [2.24, 2.45) is 0 Å². The number of nitrogens with zero attached hydrogens (tertiary/aromatic N) is 3. The number of nitrogens with one attached hydrogen (secondary N) is 1. The highest BCUT2D eigenvalue weighted by atomic mass is 16.5. The highest BCUT2D eigenvalue weighted by Crippen LogP contribution is 2.19. The van der Waals surface area contributed by atoms with Crippen LogP contribution in [0.5, 0.6) is 0 Å². The first-order valence-corrected chi connectivity index (χ1v) is 11.1. The number of carbonyl (C=O) groups is 1. The van der Waals surface area contributed by atoms with Crippen LogP contribution >= 0.6 is 0 Å². The van der Waals surface area contributed by atoms with Crippen molar-refractivity contribution >= 4 is 5.91 Å². The smallest absolute Gasteiger partial charge is 0.234 e. The number of carbonyl (C=O) groups excluding carboxylic acids is 1. The van der Waals surface area contributed by atoms with Crippen molar-refractivity contribution < 1.29 is 9.53 Å². The molecule has 6 nitrogen and oxygen atoms in total. The van der Waals surface area contributed by atoms with E-state index in [4.69, 9.17) is 10.00 Å². The molecule has 4 rings (SSSR count). The maximum atomic E-state index is 12.4. The van der Waals surface area contributed by atoms with Crippen LogP contribution in [0.25, 0.3) is 0 Å². The molecule has 2 atom stereocenters. The Morgan fingerprint density at radius 1 is 0.935 bits per heavy atom. The number of nitriles is 1. The predicted octanol–water partition coefficient (Wildman–Crippen LogP) is 1.84. The van der Waals surface area contributed by atoms with E-state index in [0.29, 0.717) is 18.7 Å². The molecule has 31 heavy (non-hydrogen) atoms. The van der Waals surface area contributed by atoms with Crippen molar-refractivity contribution in [1.82, 2.24) is 15.1 Å². The molecule has 2 aromatic carbocycles. The van der Waals surface area contributed by atoms with Gasteiger partial charge in [0.15, 0.2) is 0 Å². The molecule has 2 aromatic rings. The Hall–Kier alpha value is -2.72. The van der Waals surface area contributed by atoms with E-state index in [0.717, 1.165) is 45.6 Å². The highest BCUT2D eigenvalue weighted by Gasteiger charge is 2.35. The Morgan fingerprint density at radius 2 is 1.58 bits per heavy atom. The number of benzene rings is 2. The fourth-order valence-electron chi connectivity index (χ4n) is 4.46. The third kappa shape index (κ3) is 6.38. The van der Waals surface area contributed by atoms with Crippen LogP contribution in [0.4, 0.5) is 0 Å². The molecule has 6 heteroatoms.